The highest BCUT2D eigenvalue weighted by Crippen LogP contribution is 2.31. The predicted molar refractivity (Wildman–Crippen MR) is 65.4 cm³/mol. The maximum absolute atomic E-state index is 13.1. The average molecular weight is 267 g/mol. The highest BCUT2D eigenvalue weighted by atomic mass is 32.2. The Balaban J connectivity index is 2.31. The molecule has 0 fully saturated rings. The summed E-state index contributed by atoms with van der Waals surface area (Å²) >= 11 is 1.19. The molecule has 1 aromatic heterocycles. The van der Waals surface area contributed by atoms with Crippen LogP contribution in [0.15, 0.2) is 46.5 Å². The normalized spacial score (nSPS) is 12.4. The molecular formula is C13H11F2NOS. The predicted octanol–water partition coefficient (Wildman–Crippen LogP) is 3.56. The number of benzene rings is 1. The van der Waals surface area contributed by atoms with Crippen LogP contribution in [0.25, 0.3) is 0 Å². The zero-order chi connectivity index (χ0) is 13.1. The topological polar surface area (TPSA) is 33.1 Å². The Morgan fingerprint density at radius 1 is 1.22 bits per heavy atom. The molecule has 94 valence electrons. The highest BCUT2D eigenvalue weighted by molar-refractivity contribution is 7.99. The van der Waals surface area contributed by atoms with E-state index < -0.39 is 17.7 Å². The molecule has 1 unspecified atom stereocenters. The standard InChI is InChI=1S/C13H11F2NOS/c1-8(17)10-3-2-6-16-13(10)18-9-4-5-11(14)12(15)7-9/h2-8,17H,1H3. The molecule has 2 aromatic rings. The first-order valence-electron chi connectivity index (χ1n) is 5.34. The third-order valence-corrected chi connectivity index (χ3v) is 3.38. The number of hydrogen-bond acceptors (Lipinski definition) is 3. The molecule has 0 radical (unpaired) electrons. The van der Waals surface area contributed by atoms with Gasteiger partial charge in [-0.3, -0.25) is 0 Å². The van der Waals surface area contributed by atoms with E-state index in [1.807, 2.05) is 0 Å². The summed E-state index contributed by atoms with van der Waals surface area (Å²) in [6.45, 7) is 1.63. The van der Waals surface area contributed by atoms with Gasteiger partial charge in [0.15, 0.2) is 11.6 Å². The van der Waals surface area contributed by atoms with Gasteiger partial charge in [-0.15, -0.1) is 0 Å². The summed E-state index contributed by atoms with van der Waals surface area (Å²) in [4.78, 5) is 4.67. The lowest BCUT2D eigenvalue weighted by Crippen LogP contribution is -1.96. The van der Waals surface area contributed by atoms with E-state index in [2.05, 4.69) is 4.98 Å². The monoisotopic (exact) mass is 267 g/mol. The van der Waals surface area contributed by atoms with Gasteiger partial charge in [-0.1, -0.05) is 17.8 Å². The molecule has 0 saturated heterocycles. The molecule has 2 rings (SSSR count). The second-order valence-corrected chi connectivity index (χ2v) is 4.81. The van der Waals surface area contributed by atoms with Crippen LogP contribution in [0.4, 0.5) is 8.78 Å². The molecule has 0 spiro atoms. The van der Waals surface area contributed by atoms with E-state index in [4.69, 9.17) is 0 Å². The molecule has 5 heteroatoms. The Kier molecular flexibility index (Phi) is 3.93. The molecule has 0 saturated carbocycles. The summed E-state index contributed by atoms with van der Waals surface area (Å²) in [5, 5.41) is 10.2. The van der Waals surface area contributed by atoms with Crippen LogP contribution in [0.5, 0.6) is 0 Å². The summed E-state index contributed by atoms with van der Waals surface area (Å²) in [5.74, 6) is -1.77. The van der Waals surface area contributed by atoms with E-state index in [-0.39, 0.29) is 0 Å². The lowest BCUT2D eigenvalue weighted by molar-refractivity contribution is 0.195. The zero-order valence-electron chi connectivity index (χ0n) is 9.60. The quantitative estimate of drug-likeness (QED) is 0.923. The maximum Gasteiger partial charge on any atom is 0.159 e. The van der Waals surface area contributed by atoms with Gasteiger partial charge in [0.2, 0.25) is 0 Å². The summed E-state index contributed by atoms with van der Waals surface area (Å²) in [6.07, 6.45) is 0.931. The lowest BCUT2D eigenvalue weighted by Gasteiger charge is -2.10. The minimum atomic E-state index is -0.894. The smallest absolute Gasteiger partial charge is 0.159 e. The van der Waals surface area contributed by atoms with Gasteiger partial charge < -0.3 is 5.11 Å². The Hall–Kier alpha value is -1.46. The van der Waals surface area contributed by atoms with Crippen molar-refractivity contribution < 1.29 is 13.9 Å². The van der Waals surface area contributed by atoms with Crippen LogP contribution in [0.3, 0.4) is 0 Å². The number of aliphatic hydroxyl groups excluding tert-OH is 1. The van der Waals surface area contributed by atoms with Crippen molar-refractivity contribution in [3.8, 4) is 0 Å². The van der Waals surface area contributed by atoms with Gasteiger partial charge in [-0.05, 0) is 31.2 Å². The Morgan fingerprint density at radius 3 is 2.67 bits per heavy atom. The van der Waals surface area contributed by atoms with Gasteiger partial charge in [0.1, 0.15) is 5.03 Å². The molecule has 0 aliphatic heterocycles. The fourth-order valence-electron chi connectivity index (χ4n) is 1.46. The largest absolute Gasteiger partial charge is 0.389 e. The third-order valence-electron chi connectivity index (χ3n) is 2.36. The Morgan fingerprint density at radius 2 is 2.00 bits per heavy atom. The van der Waals surface area contributed by atoms with Gasteiger partial charge in [-0.25, -0.2) is 13.8 Å². The lowest BCUT2D eigenvalue weighted by atomic mass is 10.2. The molecule has 2 nitrogen and oxygen atoms in total. The van der Waals surface area contributed by atoms with Crippen LogP contribution in [0, 0.1) is 11.6 Å². The number of aromatic nitrogens is 1. The maximum atomic E-state index is 13.1. The molecule has 18 heavy (non-hydrogen) atoms. The molecule has 0 bridgehead atoms. The van der Waals surface area contributed by atoms with Gasteiger partial charge in [0.05, 0.1) is 6.10 Å². The van der Waals surface area contributed by atoms with E-state index in [1.165, 1.54) is 17.8 Å². The van der Waals surface area contributed by atoms with Gasteiger partial charge in [0, 0.05) is 16.7 Å². The van der Waals surface area contributed by atoms with Crippen LogP contribution < -0.4 is 0 Å². The molecule has 1 heterocycles. The molecule has 1 N–H and O–H groups in total. The number of hydrogen-bond donors (Lipinski definition) is 1. The minimum Gasteiger partial charge on any atom is -0.389 e. The zero-order valence-corrected chi connectivity index (χ0v) is 10.4. The van der Waals surface area contributed by atoms with Crippen LogP contribution in [-0.4, -0.2) is 10.1 Å². The van der Waals surface area contributed by atoms with E-state index in [1.54, 1.807) is 25.3 Å². The summed E-state index contributed by atoms with van der Waals surface area (Å²) in [6, 6.07) is 7.13. The van der Waals surface area contributed by atoms with Crippen molar-refractivity contribution in [3.63, 3.8) is 0 Å². The first-order chi connectivity index (χ1) is 8.58. The van der Waals surface area contributed by atoms with Crippen molar-refractivity contribution in [2.75, 3.05) is 0 Å². The van der Waals surface area contributed by atoms with Crippen molar-refractivity contribution in [1.82, 2.24) is 4.98 Å². The first kappa shape index (κ1) is 13.0. The van der Waals surface area contributed by atoms with Gasteiger partial charge in [0.25, 0.3) is 0 Å². The van der Waals surface area contributed by atoms with E-state index in [0.717, 1.165) is 12.1 Å². The highest BCUT2D eigenvalue weighted by Gasteiger charge is 2.11. The van der Waals surface area contributed by atoms with Crippen LogP contribution in [0.1, 0.15) is 18.6 Å². The molecule has 1 atom stereocenters. The number of halogens is 2. The summed E-state index contributed by atoms with van der Waals surface area (Å²) in [5.41, 5.74) is 0.659. The molecular weight excluding hydrogens is 256 g/mol. The summed E-state index contributed by atoms with van der Waals surface area (Å²) in [7, 11) is 0. The molecule has 0 amide bonds. The fraction of sp³-hybridized carbons (Fsp3) is 0.154. The SMILES string of the molecule is CC(O)c1cccnc1Sc1ccc(F)c(F)c1. The number of rotatable bonds is 3. The van der Waals surface area contributed by atoms with Crippen molar-refractivity contribution in [3.05, 3.63) is 53.7 Å². The van der Waals surface area contributed by atoms with Gasteiger partial charge in [-0.2, -0.15) is 0 Å². The number of nitrogens with zero attached hydrogens (tertiary/aromatic N) is 1. The fourth-order valence-corrected chi connectivity index (χ4v) is 2.45. The Labute approximate surface area is 108 Å². The van der Waals surface area contributed by atoms with Crippen molar-refractivity contribution >= 4 is 11.8 Å². The molecule has 0 aliphatic carbocycles. The van der Waals surface area contributed by atoms with E-state index >= 15 is 0 Å². The van der Waals surface area contributed by atoms with Gasteiger partial charge >= 0.3 is 0 Å². The average Bonchev–Trinajstić information content (AvgIpc) is 2.34. The van der Waals surface area contributed by atoms with E-state index in [0.29, 0.717) is 15.5 Å². The molecule has 0 aliphatic rings. The first-order valence-corrected chi connectivity index (χ1v) is 6.15. The van der Waals surface area contributed by atoms with Crippen molar-refractivity contribution in [1.29, 1.82) is 0 Å². The third kappa shape index (κ3) is 2.86. The van der Waals surface area contributed by atoms with Crippen LogP contribution >= 0.6 is 11.8 Å². The minimum absolute atomic E-state index is 0.537. The number of pyridine rings is 1. The van der Waals surface area contributed by atoms with Crippen LogP contribution in [-0.2, 0) is 0 Å². The van der Waals surface area contributed by atoms with E-state index in [9.17, 15) is 13.9 Å². The second-order valence-electron chi connectivity index (χ2n) is 3.75. The second kappa shape index (κ2) is 5.46. The van der Waals surface area contributed by atoms with Crippen LogP contribution in [0.2, 0.25) is 0 Å². The molecule has 1 aromatic carbocycles. The Bertz CT molecular complexity index is 560. The van der Waals surface area contributed by atoms with Crippen molar-refractivity contribution in [2.24, 2.45) is 0 Å². The van der Waals surface area contributed by atoms with Crippen molar-refractivity contribution in [2.45, 2.75) is 22.9 Å². The number of aliphatic hydroxyl groups is 1. The summed E-state index contributed by atoms with van der Waals surface area (Å²) < 4.78 is 25.9.